The number of hydrogen-bond donors (Lipinski definition) is 19. The molecule has 0 aromatic heterocycles. The lowest BCUT2D eigenvalue weighted by Gasteiger charge is -2.42. The largest absolute Gasteiger partial charge is 0.420 e. The van der Waals surface area contributed by atoms with Crippen LogP contribution in [0.2, 0.25) is 0 Å². The number of benzene rings is 1. The summed E-state index contributed by atoms with van der Waals surface area (Å²) in [6, 6.07) is -3.36. The van der Waals surface area contributed by atoms with Gasteiger partial charge in [-0.05, 0) is 70.6 Å². The second kappa shape index (κ2) is 60.9. The molecule has 710 valence electrons. The van der Waals surface area contributed by atoms with Crippen LogP contribution in [-0.2, 0) is 95.4 Å². The zero-order valence-corrected chi connectivity index (χ0v) is 70.6. The molecule has 124 heavy (non-hydrogen) atoms. The molecule has 0 unspecified atom stereocenters. The van der Waals surface area contributed by atoms with E-state index in [1.54, 1.807) is 0 Å². The maximum Gasteiger partial charge on any atom is 0.311 e. The molecule has 0 aliphatic carbocycles. The highest BCUT2D eigenvalue weighted by Gasteiger charge is 2.48. The Morgan fingerprint density at radius 2 is 0.581 bits per heavy atom. The van der Waals surface area contributed by atoms with Gasteiger partial charge in [-0.25, -0.2) is 13.2 Å². The van der Waals surface area contributed by atoms with Gasteiger partial charge in [-0.2, -0.15) is 8.78 Å². The predicted octanol–water partition coefficient (Wildman–Crippen LogP) is -2.48. The lowest BCUT2D eigenvalue weighted by Crippen LogP contribution is -2.64. The Bertz CT molecular complexity index is 3140. The van der Waals surface area contributed by atoms with Crippen LogP contribution in [0.4, 0.5) is 22.0 Å². The number of unbranched alkanes of at least 4 members (excludes halogenated alkanes) is 10. The first-order valence-corrected chi connectivity index (χ1v) is 42.2. The van der Waals surface area contributed by atoms with Crippen molar-refractivity contribution in [3.05, 3.63) is 29.1 Å². The number of esters is 1. The number of aliphatic hydroxyl groups excluding tert-OH is 9. The molecule has 3 fully saturated rings. The quantitative estimate of drug-likeness (QED) is 0.00802. The van der Waals surface area contributed by atoms with Crippen molar-refractivity contribution in [2.45, 2.75) is 279 Å². The summed E-state index contributed by atoms with van der Waals surface area (Å²) in [5, 5.41) is 118. The molecule has 19 N–H and O–H groups in total. The summed E-state index contributed by atoms with van der Waals surface area (Å²) in [6.45, 7) is 1.47. The first-order valence-electron chi connectivity index (χ1n) is 42.2. The van der Waals surface area contributed by atoms with Crippen LogP contribution < -0.4 is 57.9 Å². The molecule has 3 aliphatic heterocycles. The van der Waals surface area contributed by atoms with Crippen LogP contribution in [0.15, 0.2) is 0 Å². The highest BCUT2D eigenvalue weighted by molar-refractivity contribution is 5.79. The molecule has 3 saturated heterocycles. The number of ether oxygens (including phenoxy) is 10. The monoisotopic (exact) mass is 1790 g/mol. The highest BCUT2D eigenvalue weighted by atomic mass is 19.2. The van der Waals surface area contributed by atoms with Crippen LogP contribution in [0.3, 0.4) is 0 Å². The number of nitrogens with one attached hydrogen (secondary N) is 10. The van der Waals surface area contributed by atoms with Crippen molar-refractivity contribution in [2.75, 3.05) is 119 Å². The van der Waals surface area contributed by atoms with Crippen LogP contribution in [0.1, 0.15) is 181 Å². The topological polar surface area (TPSA) is 582 Å². The van der Waals surface area contributed by atoms with Gasteiger partial charge in [0, 0.05) is 131 Å². The molecule has 0 bridgehead atoms. The number of halogens is 5. The third kappa shape index (κ3) is 41.4. The van der Waals surface area contributed by atoms with Gasteiger partial charge in [0.2, 0.25) is 93.9 Å². The zero-order valence-electron chi connectivity index (χ0n) is 70.6. The van der Waals surface area contributed by atoms with Crippen molar-refractivity contribution < 1.29 is 168 Å². The van der Waals surface area contributed by atoms with Gasteiger partial charge in [0.05, 0.1) is 59.5 Å². The molecular weight excluding hydrogens is 1660 g/mol. The molecule has 10 amide bonds. The number of rotatable bonds is 64. The minimum absolute atomic E-state index is 0.0119. The van der Waals surface area contributed by atoms with E-state index < -0.39 is 199 Å². The summed E-state index contributed by atoms with van der Waals surface area (Å²) in [5.74, 6) is -18.5. The first-order chi connectivity index (χ1) is 59.3. The van der Waals surface area contributed by atoms with Crippen molar-refractivity contribution in [1.29, 1.82) is 0 Å². The summed E-state index contributed by atoms with van der Waals surface area (Å²) in [4.78, 5) is 139. The van der Waals surface area contributed by atoms with E-state index in [0.29, 0.717) is 103 Å². The van der Waals surface area contributed by atoms with Gasteiger partial charge in [0.25, 0.3) is 0 Å². The van der Waals surface area contributed by atoms with E-state index in [-0.39, 0.29) is 174 Å². The molecule has 45 heteroatoms. The van der Waals surface area contributed by atoms with E-state index in [9.17, 15) is 121 Å². The third-order valence-corrected chi connectivity index (χ3v) is 19.9. The minimum atomic E-state index is -2.40. The lowest BCUT2D eigenvalue weighted by molar-refractivity contribution is -0.270. The number of amides is 10. The Labute approximate surface area is 715 Å². The molecule has 3 heterocycles. The summed E-state index contributed by atoms with van der Waals surface area (Å²) < 4.78 is 125. The summed E-state index contributed by atoms with van der Waals surface area (Å²) >= 11 is 0. The standard InChI is InChI=1S/C79H129F5N10O30/c1-47(98)91-66-72(112)69(109)50(41-95)121-76(66)118-35-15-12-21-53(101)85-29-18-32-88-56(104)26-38-115-44-79(94-59(107)24-10-8-6-4-5-7-9-11-25-60(108)124-75-64(83)62(81)61(80)63(82)65(75)84,45-116-39-27-57(105)89-33-19-30-86-54(102)22-13-16-36-119-77-67(92-48(2)99)73(113)70(110)51(42-96)122-77)46-117-40-28-58(106)90-34-20-31-87-55(103)23-14-17-37-120-78-68(93-49(3)100)74(114)71(111)52(43-97)123-78/h50-52,66-74,76-78,95-97,109-114H,4-46H2,1-3H3,(H,85,101)(H,86,102)(H,87,103)(H,88,104)(H,89,105)(H,90,106)(H,91,98)(H,92,99)(H,93,100)(H,94,107)/t50-,51-,52-,66-,67-,68-,69+,70+,71+,72-,73-,74-,76-,77-,78-/m1/s1. The van der Waals surface area contributed by atoms with Gasteiger partial charge >= 0.3 is 5.97 Å². The van der Waals surface area contributed by atoms with E-state index in [1.165, 1.54) is 20.8 Å². The molecule has 1 aromatic rings. The molecule has 40 nitrogen and oxygen atoms in total. The Balaban J connectivity index is 1.31. The molecular formula is C79H129F5N10O30. The number of hydrogen-bond acceptors (Lipinski definition) is 30. The molecule has 0 saturated carbocycles. The van der Waals surface area contributed by atoms with E-state index >= 15 is 0 Å². The average Bonchev–Trinajstić information content (AvgIpc) is 0.857. The number of carbonyl (C=O) groups is 11. The van der Waals surface area contributed by atoms with Crippen molar-refractivity contribution in [3.63, 3.8) is 0 Å². The SMILES string of the molecule is CC(=O)N[C@H]1[C@H](OCCCCC(=O)NCCCNC(=O)CCOCC(COCCC(=O)NCCCNC(=O)CCCCO[C@@H]2O[C@H](CO)[C@H](O)[C@H](O)[C@H]2NC(C)=O)(COCCC(=O)NCCCNC(=O)CCCCO[C@@H]2O[C@H](CO)[C@H](O)[C@H](O)[C@H]2NC(C)=O)NC(=O)CCCCCCCCCCC(=O)Oc2c(F)c(F)c(F)c(F)c2F)O[C@H](CO)[C@H](O)[C@@H]1O. The normalized spacial score (nSPS) is 22.5. The van der Waals surface area contributed by atoms with Crippen molar-refractivity contribution in [2.24, 2.45) is 0 Å². The van der Waals surface area contributed by atoms with Crippen LogP contribution in [0.25, 0.3) is 0 Å². The number of aliphatic hydroxyl groups is 9. The maximum atomic E-state index is 14.0. The summed E-state index contributed by atoms with van der Waals surface area (Å²) in [6.07, 6.45) is -9.01. The van der Waals surface area contributed by atoms with Crippen molar-refractivity contribution in [1.82, 2.24) is 53.2 Å². The van der Waals surface area contributed by atoms with Crippen LogP contribution in [0.5, 0.6) is 5.75 Å². The first kappa shape index (κ1) is 109. The predicted molar refractivity (Wildman–Crippen MR) is 423 cm³/mol. The van der Waals surface area contributed by atoms with E-state index in [4.69, 9.17) is 42.6 Å². The van der Waals surface area contributed by atoms with E-state index in [0.717, 1.165) is 0 Å². The molecule has 0 spiro atoms. The fourth-order valence-corrected chi connectivity index (χ4v) is 13.1. The fourth-order valence-electron chi connectivity index (χ4n) is 13.1. The van der Waals surface area contributed by atoms with Crippen LogP contribution in [0, 0.1) is 29.1 Å². The Morgan fingerprint density at radius 3 is 0.871 bits per heavy atom. The lowest BCUT2D eigenvalue weighted by atomic mass is 9.97. The van der Waals surface area contributed by atoms with Crippen molar-refractivity contribution >= 4 is 65.0 Å². The Hall–Kier alpha value is -7.68. The van der Waals surface area contributed by atoms with E-state index in [1.807, 2.05) is 0 Å². The maximum absolute atomic E-state index is 14.0. The zero-order chi connectivity index (χ0) is 91.5. The van der Waals surface area contributed by atoms with Gasteiger partial charge in [-0.1, -0.05) is 38.5 Å². The molecule has 4 rings (SSSR count). The second-order valence-electron chi connectivity index (χ2n) is 30.4. The molecule has 1 aromatic carbocycles. The van der Waals surface area contributed by atoms with Crippen molar-refractivity contribution in [3.8, 4) is 5.75 Å². The molecule has 3 aliphatic rings. The third-order valence-electron chi connectivity index (χ3n) is 19.9. The van der Waals surface area contributed by atoms with Gasteiger partial charge in [-0.15, -0.1) is 0 Å². The number of carbonyl (C=O) groups excluding carboxylic acids is 11. The fraction of sp³-hybridized carbons (Fsp3) is 0.785. The summed E-state index contributed by atoms with van der Waals surface area (Å²) in [7, 11) is 0. The highest BCUT2D eigenvalue weighted by Crippen LogP contribution is 2.31. The Morgan fingerprint density at radius 1 is 0.323 bits per heavy atom. The minimum Gasteiger partial charge on any atom is -0.420 e. The Kier molecular flexibility index (Phi) is 53.4. The smallest absolute Gasteiger partial charge is 0.311 e. The summed E-state index contributed by atoms with van der Waals surface area (Å²) in [5.41, 5.74) is -1.52. The van der Waals surface area contributed by atoms with Crippen LogP contribution >= 0.6 is 0 Å². The van der Waals surface area contributed by atoms with Crippen LogP contribution in [-0.4, -0.2) is 327 Å². The molecule has 15 atom stereocenters. The second-order valence-corrected chi connectivity index (χ2v) is 30.4. The average molecular weight is 1790 g/mol. The van der Waals surface area contributed by atoms with Gasteiger partial charge in [0.1, 0.15) is 78.6 Å². The molecule has 0 radical (unpaired) electrons. The van der Waals surface area contributed by atoms with Gasteiger partial charge in [-0.3, -0.25) is 52.7 Å². The van der Waals surface area contributed by atoms with Gasteiger partial charge in [0.15, 0.2) is 18.9 Å². The van der Waals surface area contributed by atoms with E-state index in [2.05, 4.69) is 57.9 Å². The van der Waals surface area contributed by atoms with Gasteiger partial charge < -0.3 is 146 Å².